The number of carbonyl (C=O) groups is 2. The van der Waals surface area contributed by atoms with Gasteiger partial charge in [0.05, 0.1) is 0 Å². The van der Waals surface area contributed by atoms with E-state index in [1.165, 1.54) is 6.07 Å². The highest BCUT2D eigenvalue weighted by Gasteiger charge is 2.64. The summed E-state index contributed by atoms with van der Waals surface area (Å²) in [7, 11) is 0. The maximum atomic E-state index is 13.2. The Hall–Kier alpha value is -1.78. The highest BCUT2D eigenvalue weighted by Crippen LogP contribution is 2.60. The molecule has 1 amide bonds. The molecule has 2 bridgehead atoms. The summed E-state index contributed by atoms with van der Waals surface area (Å²) in [4.78, 5) is 25.1. The van der Waals surface area contributed by atoms with Gasteiger partial charge in [0.2, 0.25) is 5.91 Å². The number of nitrogens with one attached hydrogen (secondary N) is 1. The number of benzene rings is 1. The van der Waals surface area contributed by atoms with Gasteiger partial charge in [0.25, 0.3) is 0 Å². The van der Waals surface area contributed by atoms with Crippen LogP contribution >= 0.6 is 0 Å². The molecule has 0 radical (unpaired) electrons. The Morgan fingerprint density at radius 1 is 1.29 bits per heavy atom. The van der Waals surface area contributed by atoms with Gasteiger partial charge in [-0.25, -0.2) is 8.78 Å². The first-order valence-electron chi connectivity index (χ1n) is 7.09. The van der Waals surface area contributed by atoms with Gasteiger partial charge in [0.15, 0.2) is 17.4 Å². The highest BCUT2D eigenvalue weighted by atomic mass is 19.2. The van der Waals surface area contributed by atoms with Crippen LogP contribution in [0.5, 0.6) is 0 Å². The summed E-state index contributed by atoms with van der Waals surface area (Å²) in [6.45, 7) is 3.76. The molecule has 0 spiro atoms. The van der Waals surface area contributed by atoms with E-state index in [1.54, 1.807) is 0 Å². The molecule has 1 aromatic carbocycles. The van der Waals surface area contributed by atoms with Crippen molar-refractivity contribution in [1.29, 1.82) is 0 Å². The molecule has 112 valence electrons. The maximum absolute atomic E-state index is 13.2. The van der Waals surface area contributed by atoms with Crippen molar-refractivity contribution in [2.75, 3.05) is 5.32 Å². The van der Waals surface area contributed by atoms with E-state index in [-0.39, 0.29) is 17.4 Å². The zero-order valence-corrected chi connectivity index (χ0v) is 12.0. The van der Waals surface area contributed by atoms with E-state index in [0.29, 0.717) is 12.8 Å². The topological polar surface area (TPSA) is 46.2 Å². The second-order valence-corrected chi connectivity index (χ2v) is 6.66. The monoisotopic (exact) mass is 293 g/mol. The van der Waals surface area contributed by atoms with Crippen LogP contribution in [0.3, 0.4) is 0 Å². The van der Waals surface area contributed by atoms with Crippen LogP contribution in [0.25, 0.3) is 0 Å². The second-order valence-electron chi connectivity index (χ2n) is 6.66. The summed E-state index contributed by atoms with van der Waals surface area (Å²) >= 11 is 0. The Kier molecular flexibility index (Phi) is 2.94. The molecule has 1 N–H and O–H groups in total. The van der Waals surface area contributed by atoms with Crippen LogP contribution in [0.15, 0.2) is 18.2 Å². The number of ketones is 1. The summed E-state index contributed by atoms with van der Waals surface area (Å²) in [5.74, 6) is -2.20. The Balaban J connectivity index is 1.86. The molecule has 3 rings (SSSR count). The van der Waals surface area contributed by atoms with Crippen LogP contribution in [-0.4, -0.2) is 11.7 Å². The third-order valence-corrected chi connectivity index (χ3v) is 5.17. The number of anilines is 1. The van der Waals surface area contributed by atoms with Crippen LogP contribution in [-0.2, 0) is 9.59 Å². The molecule has 21 heavy (non-hydrogen) atoms. The Morgan fingerprint density at radius 3 is 2.57 bits per heavy atom. The van der Waals surface area contributed by atoms with Gasteiger partial charge in [-0.1, -0.05) is 13.8 Å². The highest BCUT2D eigenvalue weighted by molar-refractivity contribution is 6.15. The molecule has 2 fully saturated rings. The van der Waals surface area contributed by atoms with Gasteiger partial charge in [-0.15, -0.1) is 0 Å². The minimum atomic E-state index is -1.02. The second kappa shape index (κ2) is 4.36. The van der Waals surface area contributed by atoms with E-state index in [2.05, 4.69) is 5.32 Å². The lowest BCUT2D eigenvalue weighted by Crippen LogP contribution is -2.44. The van der Waals surface area contributed by atoms with Gasteiger partial charge >= 0.3 is 0 Å². The Morgan fingerprint density at radius 2 is 2.00 bits per heavy atom. The Bertz CT molecular complexity index is 641. The number of halogens is 2. The van der Waals surface area contributed by atoms with Crippen molar-refractivity contribution in [3.63, 3.8) is 0 Å². The average Bonchev–Trinajstić information content (AvgIpc) is 2.95. The molecule has 2 aliphatic carbocycles. The predicted octanol–water partition coefficient (Wildman–Crippen LogP) is 3.30. The molecule has 1 aromatic rings. The van der Waals surface area contributed by atoms with Crippen LogP contribution in [0.2, 0.25) is 0 Å². The summed E-state index contributed by atoms with van der Waals surface area (Å²) in [5.41, 5.74) is -1.31. The van der Waals surface area contributed by atoms with Crippen molar-refractivity contribution in [3.8, 4) is 0 Å². The molecular weight excluding hydrogens is 276 g/mol. The van der Waals surface area contributed by atoms with E-state index < -0.39 is 28.4 Å². The normalized spacial score (nSPS) is 29.7. The van der Waals surface area contributed by atoms with E-state index in [9.17, 15) is 18.4 Å². The van der Waals surface area contributed by atoms with E-state index in [0.717, 1.165) is 18.6 Å². The average molecular weight is 293 g/mol. The van der Waals surface area contributed by atoms with Crippen molar-refractivity contribution in [1.82, 2.24) is 0 Å². The minimum Gasteiger partial charge on any atom is -0.325 e. The fourth-order valence-electron chi connectivity index (χ4n) is 3.80. The molecule has 5 heteroatoms. The number of amides is 1. The standard InChI is InChI=1S/C16H17F2NO2/c1-15(2)9-5-6-16(8-9,13(15)20)14(21)19-10-3-4-11(17)12(18)7-10/h3-4,7,9H,5-6,8H2,1-2H3,(H,19,21)/t9-,16+/m0/s1. The van der Waals surface area contributed by atoms with E-state index in [1.807, 2.05) is 13.8 Å². The molecule has 0 aromatic heterocycles. The molecule has 0 aliphatic heterocycles. The maximum Gasteiger partial charge on any atom is 0.238 e. The largest absolute Gasteiger partial charge is 0.325 e. The number of hydrogen-bond donors (Lipinski definition) is 1. The van der Waals surface area contributed by atoms with Gasteiger partial charge < -0.3 is 5.32 Å². The van der Waals surface area contributed by atoms with Crippen molar-refractivity contribution >= 4 is 17.4 Å². The quantitative estimate of drug-likeness (QED) is 0.850. The SMILES string of the molecule is CC1(C)C(=O)[C@@]2(C(=O)Nc3ccc(F)c(F)c3)CC[C@H]1C2. The number of Topliss-reactive ketones (excluding diaryl/α,β-unsaturated/α-hetero) is 1. The number of carbonyl (C=O) groups excluding carboxylic acids is 2. The summed E-state index contributed by atoms with van der Waals surface area (Å²) < 4.78 is 26.1. The van der Waals surface area contributed by atoms with E-state index in [4.69, 9.17) is 0 Å². The van der Waals surface area contributed by atoms with Crippen molar-refractivity contribution < 1.29 is 18.4 Å². The smallest absolute Gasteiger partial charge is 0.238 e. The van der Waals surface area contributed by atoms with Crippen molar-refractivity contribution in [2.24, 2.45) is 16.7 Å². The lowest BCUT2D eigenvalue weighted by atomic mass is 9.70. The minimum absolute atomic E-state index is 0.0358. The number of hydrogen-bond acceptors (Lipinski definition) is 2. The molecule has 2 atom stereocenters. The van der Waals surface area contributed by atoms with Crippen molar-refractivity contribution in [2.45, 2.75) is 33.1 Å². The predicted molar refractivity (Wildman–Crippen MR) is 73.5 cm³/mol. The number of rotatable bonds is 2. The van der Waals surface area contributed by atoms with Crippen molar-refractivity contribution in [3.05, 3.63) is 29.8 Å². The summed E-state index contributed by atoms with van der Waals surface area (Å²) in [6.07, 6.45) is 1.94. The van der Waals surface area contributed by atoms with Crippen LogP contribution in [0, 0.1) is 28.4 Å². The van der Waals surface area contributed by atoms with Crippen LogP contribution < -0.4 is 5.32 Å². The third-order valence-electron chi connectivity index (χ3n) is 5.17. The summed E-state index contributed by atoms with van der Waals surface area (Å²) in [6, 6.07) is 3.19. The first-order chi connectivity index (χ1) is 9.77. The van der Waals surface area contributed by atoms with Gasteiger partial charge in [0.1, 0.15) is 5.41 Å². The zero-order chi connectivity index (χ0) is 15.4. The summed E-state index contributed by atoms with van der Waals surface area (Å²) in [5, 5.41) is 2.57. The lowest BCUT2D eigenvalue weighted by molar-refractivity contribution is -0.142. The van der Waals surface area contributed by atoms with Gasteiger partial charge in [0, 0.05) is 17.2 Å². The molecule has 2 saturated carbocycles. The zero-order valence-electron chi connectivity index (χ0n) is 12.0. The third kappa shape index (κ3) is 1.90. The van der Waals surface area contributed by atoms with Gasteiger partial charge in [-0.2, -0.15) is 0 Å². The molecular formula is C16H17F2NO2. The molecule has 0 unspecified atom stereocenters. The lowest BCUT2D eigenvalue weighted by Gasteiger charge is -2.32. The molecule has 0 heterocycles. The van der Waals surface area contributed by atoms with E-state index >= 15 is 0 Å². The van der Waals surface area contributed by atoms with Crippen LogP contribution in [0.1, 0.15) is 33.1 Å². The van der Waals surface area contributed by atoms with Crippen LogP contribution in [0.4, 0.5) is 14.5 Å². The first kappa shape index (κ1) is 14.2. The van der Waals surface area contributed by atoms with Gasteiger partial charge in [-0.3, -0.25) is 9.59 Å². The number of fused-ring (bicyclic) bond motifs is 2. The first-order valence-corrected chi connectivity index (χ1v) is 7.09. The fourth-order valence-corrected chi connectivity index (χ4v) is 3.80. The fraction of sp³-hybridized carbons (Fsp3) is 0.500. The Labute approximate surface area is 121 Å². The molecule has 3 nitrogen and oxygen atoms in total. The van der Waals surface area contributed by atoms with Gasteiger partial charge in [-0.05, 0) is 37.3 Å². The molecule has 2 aliphatic rings. The molecule has 0 saturated heterocycles.